The lowest BCUT2D eigenvalue weighted by Gasteiger charge is -1.97. The Labute approximate surface area is 83.3 Å². The van der Waals surface area contributed by atoms with Gasteiger partial charge in [-0.05, 0) is 23.8 Å². The molecular formula is C12H13FO. The van der Waals surface area contributed by atoms with E-state index >= 15 is 0 Å². The summed E-state index contributed by atoms with van der Waals surface area (Å²) in [4.78, 5) is 11.2. The van der Waals surface area contributed by atoms with Gasteiger partial charge in [-0.1, -0.05) is 32.1 Å². The molecule has 1 rings (SSSR count). The van der Waals surface area contributed by atoms with E-state index in [2.05, 4.69) is 0 Å². The highest BCUT2D eigenvalue weighted by molar-refractivity contribution is 5.94. The summed E-state index contributed by atoms with van der Waals surface area (Å²) in [6.45, 7) is 3.66. The molecule has 0 spiro atoms. The fourth-order valence-corrected chi connectivity index (χ4v) is 0.981. The van der Waals surface area contributed by atoms with Crippen LogP contribution >= 0.6 is 0 Å². The smallest absolute Gasteiger partial charge is 0.158 e. The monoisotopic (exact) mass is 192 g/mol. The largest absolute Gasteiger partial charge is 0.295 e. The standard InChI is InChI=1S/C12H13FO/c1-9(2)12(14)7-6-10-4-3-5-11(13)8-10/h3-9H,1-2H3/b7-6+. The maximum absolute atomic E-state index is 12.7. The van der Waals surface area contributed by atoms with Gasteiger partial charge in [-0.2, -0.15) is 0 Å². The van der Waals surface area contributed by atoms with Crippen molar-refractivity contribution in [1.82, 2.24) is 0 Å². The summed E-state index contributed by atoms with van der Waals surface area (Å²) in [6.07, 6.45) is 3.12. The van der Waals surface area contributed by atoms with Crippen LogP contribution in [0.25, 0.3) is 6.08 Å². The number of hydrogen-bond acceptors (Lipinski definition) is 1. The van der Waals surface area contributed by atoms with Gasteiger partial charge in [0.25, 0.3) is 0 Å². The molecule has 0 bridgehead atoms. The molecule has 0 fully saturated rings. The molecule has 14 heavy (non-hydrogen) atoms. The van der Waals surface area contributed by atoms with E-state index in [1.807, 2.05) is 13.8 Å². The summed E-state index contributed by atoms with van der Waals surface area (Å²) in [5, 5.41) is 0. The van der Waals surface area contributed by atoms with Crippen LogP contribution in [-0.2, 0) is 4.79 Å². The molecule has 0 aliphatic rings. The van der Waals surface area contributed by atoms with Gasteiger partial charge in [0.05, 0.1) is 0 Å². The minimum atomic E-state index is -0.288. The van der Waals surface area contributed by atoms with E-state index in [1.54, 1.807) is 18.2 Å². The van der Waals surface area contributed by atoms with Crippen LogP contribution in [0.1, 0.15) is 19.4 Å². The highest BCUT2D eigenvalue weighted by Gasteiger charge is 2.01. The van der Waals surface area contributed by atoms with E-state index in [9.17, 15) is 9.18 Å². The number of ketones is 1. The van der Waals surface area contributed by atoms with Crippen LogP contribution in [-0.4, -0.2) is 5.78 Å². The van der Waals surface area contributed by atoms with Gasteiger partial charge in [0.15, 0.2) is 5.78 Å². The average molecular weight is 192 g/mol. The third-order valence-electron chi connectivity index (χ3n) is 1.86. The third kappa shape index (κ3) is 3.13. The number of halogens is 1. The molecule has 0 aliphatic heterocycles. The van der Waals surface area contributed by atoms with Crippen molar-refractivity contribution in [3.8, 4) is 0 Å². The zero-order valence-corrected chi connectivity index (χ0v) is 8.33. The first kappa shape index (κ1) is 10.6. The molecule has 1 aromatic carbocycles. The molecule has 0 aliphatic carbocycles. The van der Waals surface area contributed by atoms with Crippen LogP contribution < -0.4 is 0 Å². The molecule has 74 valence electrons. The topological polar surface area (TPSA) is 17.1 Å². The number of allylic oxidation sites excluding steroid dienone is 1. The number of carbonyl (C=O) groups excluding carboxylic acids is 1. The number of benzene rings is 1. The fraction of sp³-hybridized carbons (Fsp3) is 0.250. The van der Waals surface area contributed by atoms with Gasteiger partial charge >= 0.3 is 0 Å². The summed E-state index contributed by atoms with van der Waals surface area (Å²) in [7, 11) is 0. The Hall–Kier alpha value is -1.44. The molecule has 0 atom stereocenters. The lowest BCUT2D eigenvalue weighted by Crippen LogP contribution is -2.01. The van der Waals surface area contributed by atoms with Crippen LogP contribution in [0.3, 0.4) is 0 Å². The fourth-order valence-electron chi connectivity index (χ4n) is 0.981. The van der Waals surface area contributed by atoms with Crippen LogP contribution in [0.15, 0.2) is 30.3 Å². The molecule has 1 aromatic rings. The Balaban J connectivity index is 2.74. The summed E-state index contributed by atoms with van der Waals surface area (Å²) >= 11 is 0. The first-order chi connectivity index (χ1) is 6.59. The van der Waals surface area contributed by atoms with Crippen LogP contribution in [0.4, 0.5) is 4.39 Å². The SMILES string of the molecule is CC(C)C(=O)/C=C/c1cccc(F)c1. The predicted molar refractivity (Wildman–Crippen MR) is 55.3 cm³/mol. The zero-order valence-electron chi connectivity index (χ0n) is 8.33. The minimum Gasteiger partial charge on any atom is -0.295 e. The van der Waals surface area contributed by atoms with Crippen molar-refractivity contribution in [2.45, 2.75) is 13.8 Å². The van der Waals surface area contributed by atoms with Crippen molar-refractivity contribution in [2.24, 2.45) is 5.92 Å². The van der Waals surface area contributed by atoms with Gasteiger partial charge in [-0.15, -0.1) is 0 Å². The van der Waals surface area contributed by atoms with Gasteiger partial charge in [0, 0.05) is 5.92 Å². The third-order valence-corrected chi connectivity index (χ3v) is 1.86. The number of rotatable bonds is 3. The van der Waals surface area contributed by atoms with Gasteiger partial charge in [0.1, 0.15) is 5.82 Å². The maximum Gasteiger partial charge on any atom is 0.158 e. The second-order valence-corrected chi connectivity index (χ2v) is 3.45. The Morgan fingerprint density at radius 2 is 2.14 bits per heavy atom. The van der Waals surface area contributed by atoms with Crippen LogP contribution in [0, 0.1) is 11.7 Å². The molecule has 1 nitrogen and oxygen atoms in total. The first-order valence-electron chi connectivity index (χ1n) is 4.57. The molecule has 0 saturated carbocycles. The Bertz CT molecular complexity index is 353. The Morgan fingerprint density at radius 1 is 1.43 bits per heavy atom. The molecule has 0 saturated heterocycles. The van der Waals surface area contributed by atoms with Gasteiger partial charge in [-0.3, -0.25) is 4.79 Å². The molecule has 0 amide bonds. The van der Waals surface area contributed by atoms with Gasteiger partial charge < -0.3 is 0 Å². The van der Waals surface area contributed by atoms with Gasteiger partial charge in [0.2, 0.25) is 0 Å². The molecule has 0 heterocycles. The van der Waals surface area contributed by atoms with Crippen molar-refractivity contribution in [3.63, 3.8) is 0 Å². The highest BCUT2D eigenvalue weighted by atomic mass is 19.1. The second kappa shape index (κ2) is 4.70. The first-order valence-corrected chi connectivity index (χ1v) is 4.57. The minimum absolute atomic E-state index is 0.0141. The summed E-state index contributed by atoms with van der Waals surface area (Å²) in [5.74, 6) is -0.252. The van der Waals surface area contributed by atoms with E-state index in [0.717, 1.165) is 0 Å². The lowest BCUT2D eigenvalue weighted by molar-refractivity contribution is -0.117. The van der Waals surface area contributed by atoms with E-state index in [-0.39, 0.29) is 17.5 Å². The van der Waals surface area contributed by atoms with Gasteiger partial charge in [-0.25, -0.2) is 4.39 Å². The number of carbonyl (C=O) groups is 1. The quantitative estimate of drug-likeness (QED) is 0.672. The normalized spacial score (nSPS) is 11.1. The molecule has 2 heteroatoms. The van der Waals surface area contributed by atoms with Crippen molar-refractivity contribution in [1.29, 1.82) is 0 Å². The summed E-state index contributed by atoms with van der Waals surface area (Å²) in [5.41, 5.74) is 0.707. The molecule has 0 unspecified atom stereocenters. The van der Waals surface area contributed by atoms with Crippen molar-refractivity contribution in [3.05, 3.63) is 41.7 Å². The van der Waals surface area contributed by atoms with Crippen molar-refractivity contribution < 1.29 is 9.18 Å². The predicted octanol–water partition coefficient (Wildman–Crippen LogP) is 3.06. The molecule has 0 radical (unpaired) electrons. The summed E-state index contributed by atoms with van der Waals surface area (Å²) < 4.78 is 12.7. The maximum atomic E-state index is 12.7. The van der Waals surface area contributed by atoms with E-state index in [1.165, 1.54) is 18.2 Å². The van der Waals surface area contributed by atoms with Crippen LogP contribution in [0.2, 0.25) is 0 Å². The highest BCUT2D eigenvalue weighted by Crippen LogP contribution is 2.06. The van der Waals surface area contributed by atoms with Crippen LogP contribution in [0.5, 0.6) is 0 Å². The zero-order chi connectivity index (χ0) is 10.6. The molecule has 0 aromatic heterocycles. The number of hydrogen-bond donors (Lipinski definition) is 0. The van der Waals surface area contributed by atoms with E-state index < -0.39 is 0 Å². The van der Waals surface area contributed by atoms with Crippen molar-refractivity contribution >= 4 is 11.9 Å². The lowest BCUT2D eigenvalue weighted by atomic mass is 10.1. The second-order valence-electron chi connectivity index (χ2n) is 3.45. The molecular weight excluding hydrogens is 179 g/mol. The van der Waals surface area contributed by atoms with Crippen molar-refractivity contribution in [2.75, 3.05) is 0 Å². The summed E-state index contributed by atoms with van der Waals surface area (Å²) in [6, 6.07) is 6.15. The Kier molecular flexibility index (Phi) is 3.57. The van der Waals surface area contributed by atoms with E-state index in [4.69, 9.17) is 0 Å². The Morgan fingerprint density at radius 3 is 2.71 bits per heavy atom. The average Bonchev–Trinajstić information content (AvgIpc) is 2.14. The molecule has 0 N–H and O–H groups in total. The van der Waals surface area contributed by atoms with E-state index in [0.29, 0.717) is 5.56 Å².